The number of Topliss-reactive ketones (excluding diaryl/α,β-unsaturated/α-hetero) is 2. The van der Waals surface area contributed by atoms with E-state index in [1.807, 2.05) is 0 Å². The van der Waals surface area contributed by atoms with Gasteiger partial charge in [0.25, 0.3) is 5.91 Å². The molecule has 1 unspecified atom stereocenters. The van der Waals surface area contributed by atoms with E-state index >= 15 is 0 Å². The summed E-state index contributed by atoms with van der Waals surface area (Å²) in [7, 11) is 0. The number of carboxylic acids is 1. The third kappa shape index (κ3) is 14.5. The molecule has 0 aliphatic heterocycles. The van der Waals surface area contributed by atoms with Gasteiger partial charge in [0.15, 0.2) is 22.6 Å². The SMILES string of the molecule is Cc1cc(OCCCCC(=O)CNC(=S)Nc2ccc(N=C=S)cc2)cc(C)c1C(=O)NC(CNC(=O)CCC(=O)c1cccc(N=C(N)N)c1)C(=O)O. The number of carboxylic acid groups (broad SMARTS) is 1. The van der Waals surface area contributed by atoms with Crippen molar-refractivity contribution in [3.63, 3.8) is 0 Å². The van der Waals surface area contributed by atoms with Crippen molar-refractivity contribution in [1.29, 1.82) is 0 Å². The first-order valence-corrected chi connectivity index (χ1v) is 17.6. The predicted octanol–water partition coefficient (Wildman–Crippen LogP) is 4.01. The number of guanidine groups is 1. The lowest BCUT2D eigenvalue weighted by molar-refractivity contribution is -0.139. The van der Waals surface area contributed by atoms with Crippen molar-refractivity contribution in [3.8, 4) is 5.75 Å². The molecule has 3 rings (SSSR count). The number of anilines is 1. The number of carbonyl (C=O) groups is 5. The van der Waals surface area contributed by atoms with E-state index in [9.17, 15) is 29.1 Å². The molecule has 0 bridgehead atoms. The van der Waals surface area contributed by atoms with Gasteiger partial charge in [0.1, 0.15) is 11.8 Å². The summed E-state index contributed by atoms with van der Waals surface area (Å²) < 4.78 is 5.86. The zero-order valence-corrected chi connectivity index (χ0v) is 31.4. The maximum absolute atomic E-state index is 13.2. The Labute approximate surface area is 323 Å². The van der Waals surface area contributed by atoms with Gasteiger partial charge in [-0.2, -0.15) is 4.99 Å². The quantitative estimate of drug-likeness (QED) is 0.0283. The van der Waals surface area contributed by atoms with Crippen LogP contribution in [-0.2, 0) is 14.4 Å². The Bertz CT molecular complexity index is 1920. The summed E-state index contributed by atoms with van der Waals surface area (Å²) in [5.41, 5.74) is 14.2. The number of nitrogens with two attached hydrogens (primary N) is 2. The summed E-state index contributed by atoms with van der Waals surface area (Å²) in [5.74, 6) is -2.52. The van der Waals surface area contributed by atoms with Crippen LogP contribution in [0.4, 0.5) is 17.1 Å². The van der Waals surface area contributed by atoms with E-state index in [0.717, 1.165) is 5.69 Å². The van der Waals surface area contributed by atoms with Crippen LogP contribution in [0.5, 0.6) is 5.75 Å². The standard InChI is InChI=1S/C37H42N8O7S2/c1-22-16-29(52-15-4-3-8-28(46)19-41-37(54)44-26-11-9-25(10-12-26)42-21-53)17-23(2)33(22)34(49)45-30(35(50)51)20-40-32(48)14-13-31(47)24-6-5-7-27(18-24)43-36(38)39/h5-7,9-12,16-18,30H,3-4,8,13-15,19-20H2,1-2H3,(H,40,48)(H,45,49)(H,50,51)(H4,38,39,43)(H2,41,44,54). The number of ether oxygens (including phenoxy) is 1. The molecular formula is C37H42N8O7S2. The fourth-order valence-corrected chi connectivity index (χ4v) is 5.39. The fraction of sp³-hybridized carbons (Fsp3) is 0.297. The Morgan fingerprint density at radius 1 is 0.907 bits per heavy atom. The lowest BCUT2D eigenvalue weighted by Gasteiger charge is -2.18. The van der Waals surface area contributed by atoms with E-state index in [1.165, 1.54) is 6.07 Å². The lowest BCUT2D eigenvalue weighted by Crippen LogP contribution is -2.48. The molecule has 0 aliphatic rings. The minimum absolute atomic E-state index is 0.00998. The smallest absolute Gasteiger partial charge is 0.328 e. The summed E-state index contributed by atoms with van der Waals surface area (Å²) in [5, 5.41) is 23.2. The zero-order valence-electron chi connectivity index (χ0n) is 29.8. The molecule has 9 N–H and O–H groups in total. The van der Waals surface area contributed by atoms with Gasteiger partial charge >= 0.3 is 5.97 Å². The molecule has 0 fully saturated rings. The van der Waals surface area contributed by atoms with Crippen molar-refractivity contribution in [1.82, 2.24) is 16.0 Å². The van der Waals surface area contributed by atoms with Crippen LogP contribution in [0.3, 0.4) is 0 Å². The highest BCUT2D eigenvalue weighted by Gasteiger charge is 2.24. The number of nitrogens with zero attached hydrogens (tertiary/aromatic N) is 2. The molecule has 0 heterocycles. The first kappa shape index (κ1) is 42.4. The van der Waals surface area contributed by atoms with E-state index < -0.39 is 30.4 Å². The maximum Gasteiger partial charge on any atom is 0.328 e. The second-order valence-corrected chi connectivity index (χ2v) is 12.6. The van der Waals surface area contributed by atoms with Gasteiger partial charge in [0.05, 0.1) is 29.7 Å². The Hall–Kier alpha value is -6.03. The van der Waals surface area contributed by atoms with Gasteiger partial charge in [-0.25, -0.2) is 9.79 Å². The first-order chi connectivity index (χ1) is 25.7. The second kappa shape index (κ2) is 21.5. The average molecular weight is 775 g/mol. The van der Waals surface area contributed by atoms with E-state index in [1.54, 1.807) is 68.4 Å². The molecular weight excluding hydrogens is 733 g/mol. The van der Waals surface area contributed by atoms with Crippen molar-refractivity contribution < 1.29 is 33.8 Å². The van der Waals surface area contributed by atoms with Crippen molar-refractivity contribution in [2.45, 2.75) is 52.0 Å². The maximum atomic E-state index is 13.2. The Kier molecular flexibility index (Phi) is 16.9. The Balaban J connectivity index is 1.39. The molecule has 284 valence electrons. The number of aryl methyl sites for hydroxylation is 2. The molecule has 0 saturated heterocycles. The fourth-order valence-electron chi connectivity index (χ4n) is 5.10. The van der Waals surface area contributed by atoms with Crippen molar-refractivity contribution in [3.05, 3.63) is 82.9 Å². The zero-order chi connectivity index (χ0) is 39.6. The number of nitrogens with one attached hydrogen (secondary N) is 4. The number of hydrogen-bond acceptors (Lipinski definition) is 10. The van der Waals surface area contributed by atoms with Gasteiger partial charge in [-0.3, -0.25) is 19.2 Å². The molecule has 17 heteroatoms. The second-order valence-electron chi connectivity index (χ2n) is 12.0. The lowest BCUT2D eigenvalue weighted by atomic mass is 10.0. The molecule has 3 aromatic rings. The van der Waals surface area contributed by atoms with Crippen molar-refractivity contribution in [2.24, 2.45) is 21.5 Å². The molecule has 1 atom stereocenters. The Morgan fingerprint density at radius 2 is 1.61 bits per heavy atom. The summed E-state index contributed by atoms with van der Waals surface area (Å²) in [6.07, 6.45) is 1.20. The molecule has 0 saturated carbocycles. The number of ketones is 2. The summed E-state index contributed by atoms with van der Waals surface area (Å²) in [6.45, 7) is 3.43. The molecule has 2 amide bonds. The van der Waals surface area contributed by atoms with Gasteiger partial charge in [0.2, 0.25) is 5.91 Å². The monoisotopic (exact) mass is 774 g/mol. The number of amides is 2. The van der Waals surface area contributed by atoms with Gasteiger partial charge in [0, 0.05) is 42.6 Å². The van der Waals surface area contributed by atoms with Crippen LogP contribution in [0, 0.1) is 13.8 Å². The number of thiocarbonyl (C=S) groups is 2. The van der Waals surface area contributed by atoms with E-state index in [4.69, 9.17) is 28.4 Å². The highest BCUT2D eigenvalue weighted by atomic mass is 32.1. The molecule has 0 aromatic heterocycles. The minimum atomic E-state index is -1.43. The molecule has 0 aliphatic carbocycles. The third-order valence-electron chi connectivity index (χ3n) is 7.71. The third-order valence-corrected chi connectivity index (χ3v) is 8.05. The van der Waals surface area contributed by atoms with Crippen LogP contribution >= 0.6 is 24.4 Å². The number of aliphatic imine (C=N–C) groups is 2. The summed E-state index contributed by atoms with van der Waals surface area (Å²) >= 11 is 9.84. The van der Waals surface area contributed by atoms with E-state index in [-0.39, 0.29) is 42.5 Å². The number of carbonyl (C=O) groups excluding carboxylic acids is 4. The number of hydrogen-bond donors (Lipinski definition) is 7. The van der Waals surface area contributed by atoms with Crippen molar-refractivity contribution in [2.75, 3.05) is 25.0 Å². The largest absolute Gasteiger partial charge is 0.494 e. The van der Waals surface area contributed by atoms with Gasteiger partial charge in [-0.1, -0.05) is 12.1 Å². The van der Waals surface area contributed by atoms with Crippen LogP contribution in [0.2, 0.25) is 0 Å². The summed E-state index contributed by atoms with van der Waals surface area (Å²) in [4.78, 5) is 70.2. The molecule has 0 spiro atoms. The van der Waals surface area contributed by atoms with Gasteiger partial charge in [-0.15, -0.1) is 0 Å². The van der Waals surface area contributed by atoms with Crippen LogP contribution < -0.4 is 37.5 Å². The summed E-state index contributed by atoms with van der Waals surface area (Å²) in [6, 6.07) is 15.3. The normalized spacial score (nSPS) is 10.9. The van der Waals surface area contributed by atoms with Crippen LogP contribution in [-0.4, -0.2) is 76.4 Å². The molecule has 54 heavy (non-hydrogen) atoms. The average Bonchev–Trinajstić information content (AvgIpc) is 3.11. The number of isothiocyanates is 1. The molecule has 0 radical (unpaired) electrons. The highest BCUT2D eigenvalue weighted by Crippen LogP contribution is 2.23. The van der Waals surface area contributed by atoms with E-state index in [0.29, 0.717) is 64.8 Å². The number of unbranched alkanes of at least 4 members (excludes halogenated alkanes) is 1. The number of rotatable bonds is 20. The van der Waals surface area contributed by atoms with Crippen LogP contribution in [0.15, 0.2) is 70.6 Å². The number of aliphatic carboxylic acids is 1. The predicted molar refractivity (Wildman–Crippen MR) is 213 cm³/mol. The van der Waals surface area contributed by atoms with Crippen LogP contribution in [0.1, 0.15) is 63.9 Å². The number of benzene rings is 3. The molecule has 15 nitrogen and oxygen atoms in total. The highest BCUT2D eigenvalue weighted by molar-refractivity contribution is 7.80. The van der Waals surface area contributed by atoms with E-state index in [2.05, 4.69) is 48.6 Å². The van der Waals surface area contributed by atoms with Crippen molar-refractivity contribution >= 4 is 87.1 Å². The van der Waals surface area contributed by atoms with Gasteiger partial charge in [-0.05, 0) is 111 Å². The van der Waals surface area contributed by atoms with Crippen LogP contribution in [0.25, 0.3) is 0 Å². The Morgan fingerprint density at radius 3 is 2.26 bits per heavy atom. The topological polar surface area (TPSA) is 240 Å². The molecule has 3 aromatic carbocycles. The minimum Gasteiger partial charge on any atom is -0.494 e. The van der Waals surface area contributed by atoms with Gasteiger partial charge < -0.3 is 42.6 Å². The first-order valence-electron chi connectivity index (χ1n) is 16.8.